The van der Waals surface area contributed by atoms with Crippen molar-refractivity contribution < 1.29 is 0 Å². The zero-order chi connectivity index (χ0) is 13.5. The van der Waals surface area contributed by atoms with E-state index >= 15 is 0 Å². The molecule has 1 atom stereocenters. The summed E-state index contributed by atoms with van der Waals surface area (Å²) >= 11 is 3.53. The second kappa shape index (κ2) is 4.66. The molecule has 0 aliphatic carbocycles. The van der Waals surface area contributed by atoms with Crippen LogP contribution in [-0.4, -0.2) is 5.04 Å². The van der Waals surface area contributed by atoms with Crippen LogP contribution in [0.25, 0.3) is 0 Å². The number of rotatable bonds is 2. The molecule has 0 bridgehead atoms. The van der Waals surface area contributed by atoms with Gasteiger partial charge in [-0.25, -0.2) is 4.99 Å². The molecular formula is C16H15NS2. The van der Waals surface area contributed by atoms with Gasteiger partial charge in [0.1, 0.15) is 0 Å². The van der Waals surface area contributed by atoms with Gasteiger partial charge >= 0.3 is 0 Å². The molecule has 1 saturated heterocycles. The Morgan fingerprint density at radius 2 is 1.84 bits per heavy atom. The van der Waals surface area contributed by atoms with Crippen molar-refractivity contribution >= 4 is 33.8 Å². The summed E-state index contributed by atoms with van der Waals surface area (Å²) in [5, 5.41) is 1.14. The van der Waals surface area contributed by atoms with Crippen molar-refractivity contribution in [1.82, 2.24) is 0 Å². The molecule has 1 aromatic carbocycles. The lowest BCUT2D eigenvalue weighted by Gasteiger charge is -2.40. The van der Waals surface area contributed by atoms with Crippen molar-refractivity contribution in [1.29, 1.82) is 0 Å². The topological polar surface area (TPSA) is 12.4 Å². The smallest absolute Gasteiger partial charge is 0.0944 e. The van der Waals surface area contributed by atoms with E-state index in [1.54, 1.807) is 11.8 Å². The Bertz CT molecular complexity index is 654. The molecule has 1 nitrogen and oxygen atoms in total. The minimum absolute atomic E-state index is 0.0978. The van der Waals surface area contributed by atoms with E-state index in [9.17, 15) is 0 Å². The number of hydrogen-bond donors (Lipinski definition) is 0. The van der Waals surface area contributed by atoms with Crippen molar-refractivity contribution in [2.75, 3.05) is 0 Å². The Labute approximate surface area is 122 Å². The summed E-state index contributed by atoms with van der Waals surface area (Å²) in [6.07, 6.45) is 0. The monoisotopic (exact) mass is 285 g/mol. The molecule has 1 aromatic heterocycles. The molecule has 1 fully saturated rings. The van der Waals surface area contributed by atoms with Crippen LogP contribution in [0.15, 0.2) is 58.9 Å². The Hall–Kier alpha value is -1.32. The minimum Gasteiger partial charge on any atom is -0.245 e. The quantitative estimate of drug-likeness (QED) is 0.729. The molecule has 19 heavy (non-hydrogen) atoms. The largest absolute Gasteiger partial charge is 0.245 e. The molecule has 0 radical (unpaired) electrons. The van der Waals surface area contributed by atoms with Crippen LogP contribution >= 0.6 is 23.1 Å². The molecule has 2 aromatic rings. The van der Waals surface area contributed by atoms with E-state index in [1.807, 2.05) is 41.7 Å². The van der Waals surface area contributed by atoms with Gasteiger partial charge in [0.25, 0.3) is 0 Å². The Kier molecular flexibility index (Phi) is 3.11. The van der Waals surface area contributed by atoms with Gasteiger partial charge in [0.05, 0.1) is 16.1 Å². The molecule has 3 heteroatoms. The number of aryl methyl sites for hydroxylation is 1. The number of allylic oxidation sites excluding steroid dienone is 1. The standard InChI is InChI=1S/C16H15NS2/c1-11-9-10-14(18-11)16(3)12(2)19-15(16)17-13-7-5-4-6-8-13/h4-10H,2H2,1,3H3/t16-/m0/s1. The minimum atomic E-state index is -0.0978. The van der Waals surface area contributed by atoms with Gasteiger partial charge in [-0.15, -0.1) is 11.3 Å². The Balaban J connectivity index is 2.00. The summed E-state index contributed by atoms with van der Waals surface area (Å²) < 4.78 is 0. The molecule has 2 heterocycles. The van der Waals surface area contributed by atoms with Crippen LogP contribution < -0.4 is 0 Å². The summed E-state index contributed by atoms with van der Waals surface area (Å²) in [7, 11) is 0. The first-order valence-corrected chi connectivity index (χ1v) is 7.82. The summed E-state index contributed by atoms with van der Waals surface area (Å²) in [6.45, 7) is 8.54. The molecule has 1 aliphatic rings. The average molecular weight is 285 g/mol. The van der Waals surface area contributed by atoms with Crippen molar-refractivity contribution in [3.8, 4) is 0 Å². The van der Waals surface area contributed by atoms with Crippen LogP contribution in [-0.2, 0) is 5.41 Å². The maximum Gasteiger partial charge on any atom is 0.0944 e. The number of hydrogen-bond acceptors (Lipinski definition) is 3. The van der Waals surface area contributed by atoms with Crippen molar-refractivity contribution in [2.45, 2.75) is 19.3 Å². The number of para-hydroxylation sites is 1. The summed E-state index contributed by atoms with van der Waals surface area (Å²) in [5.74, 6) is 0. The van der Waals surface area contributed by atoms with Crippen molar-refractivity contribution in [3.05, 3.63) is 63.7 Å². The second-order valence-corrected chi connectivity index (χ2v) is 7.18. The molecule has 0 amide bonds. The molecule has 0 spiro atoms. The van der Waals surface area contributed by atoms with E-state index < -0.39 is 0 Å². The Morgan fingerprint density at radius 3 is 2.42 bits per heavy atom. The van der Waals surface area contributed by atoms with Crippen LogP contribution in [0.3, 0.4) is 0 Å². The van der Waals surface area contributed by atoms with Crippen LogP contribution in [0.1, 0.15) is 16.7 Å². The highest BCUT2D eigenvalue weighted by molar-refractivity contribution is 8.20. The molecular weight excluding hydrogens is 270 g/mol. The van der Waals surface area contributed by atoms with E-state index in [0.29, 0.717) is 0 Å². The highest BCUT2D eigenvalue weighted by Crippen LogP contribution is 2.54. The van der Waals surface area contributed by atoms with Gasteiger partial charge in [0.2, 0.25) is 0 Å². The SMILES string of the molecule is C=C1SC(=Nc2ccccc2)[C@]1(C)c1ccc(C)s1. The highest BCUT2D eigenvalue weighted by Gasteiger charge is 2.47. The van der Waals surface area contributed by atoms with E-state index in [-0.39, 0.29) is 5.41 Å². The third-order valence-corrected chi connectivity index (χ3v) is 6.00. The van der Waals surface area contributed by atoms with Gasteiger partial charge in [0, 0.05) is 14.7 Å². The van der Waals surface area contributed by atoms with Gasteiger partial charge in [-0.05, 0) is 38.1 Å². The van der Waals surface area contributed by atoms with Crippen LogP contribution in [0.4, 0.5) is 5.69 Å². The second-order valence-electron chi connectivity index (χ2n) is 4.81. The number of thioether (sulfide) groups is 1. The van der Waals surface area contributed by atoms with Gasteiger partial charge in [-0.1, -0.05) is 36.5 Å². The first-order chi connectivity index (χ1) is 9.10. The lowest BCUT2D eigenvalue weighted by molar-refractivity contribution is 0.815. The maximum absolute atomic E-state index is 4.78. The number of aliphatic imine (C=N–C) groups is 1. The normalized spacial score (nSPS) is 24.5. The molecule has 0 saturated carbocycles. The maximum atomic E-state index is 4.78. The zero-order valence-electron chi connectivity index (χ0n) is 11.0. The Morgan fingerprint density at radius 1 is 1.11 bits per heavy atom. The fourth-order valence-electron chi connectivity index (χ4n) is 2.09. The van der Waals surface area contributed by atoms with E-state index in [2.05, 4.69) is 32.6 Å². The van der Waals surface area contributed by atoms with E-state index in [1.165, 1.54) is 14.7 Å². The predicted octanol–water partition coefficient (Wildman–Crippen LogP) is 5.30. The average Bonchev–Trinajstić information content (AvgIpc) is 2.85. The molecule has 0 unspecified atom stereocenters. The highest BCUT2D eigenvalue weighted by atomic mass is 32.2. The van der Waals surface area contributed by atoms with Crippen LogP contribution in [0.5, 0.6) is 0 Å². The van der Waals surface area contributed by atoms with Crippen LogP contribution in [0.2, 0.25) is 0 Å². The number of thiophene rings is 1. The van der Waals surface area contributed by atoms with Gasteiger partial charge in [-0.3, -0.25) is 0 Å². The van der Waals surface area contributed by atoms with Gasteiger partial charge in [-0.2, -0.15) is 0 Å². The van der Waals surface area contributed by atoms with Crippen molar-refractivity contribution in [3.63, 3.8) is 0 Å². The fourth-order valence-corrected chi connectivity index (χ4v) is 4.35. The lowest BCUT2D eigenvalue weighted by atomic mass is 9.88. The summed E-state index contributed by atoms with van der Waals surface area (Å²) in [4.78, 5) is 8.63. The third-order valence-electron chi connectivity index (χ3n) is 3.43. The zero-order valence-corrected chi connectivity index (χ0v) is 12.6. The molecule has 0 N–H and O–H groups in total. The van der Waals surface area contributed by atoms with E-state index in [4.69, 9.17) is 4.99 Å². The summed E-state index contributed by atoms with van der Waals surface area (Å²) in [6, 6.07) is 14.5. The first-order valence-electron chi connectivity index (χ1n) is 6.19. The first kappa shape index (κ1) is 12.7. The van der Waals surface area contributed by atoms with Crippen molar-refractivity contribution in [2.24, 2.45) is 4.99 Å². The summed E-state index contributed by atoms with van der Waals surface area (Å²) in [5.41, 5.74) is 0.913. The third kappa shape index (κ3) is 2.07. The lowest BCUT2D eigenvalue weighted by Crippen LogP contribution is -2.39. The van der Waals surface area contributed by atoms with E-state index in [0.717, 1.165) is 10.7 Å². The predicted molar refractivity (Wildman–Crippen MR) is 86.7 cm³/mol. The van der Waals surface area contributed by atoms with Gasteiger partial charge in [0.15, 0.2) is 0 Å². The molecule has 96 valence electrons. The van der Waals surface area contributed by atoms with Gasteiger partial charge < -0.3 is 0 Å². The fraction of sp³-hybridized carbons (Fsp3) is 0.188. The number of benzene rings is 1. The molecule has 3 rings (SSSR count). The molecule has 1 aliphatic heterocycles. The number of nitrogens with zero attached hydrogens (tertiary/aromatic N) is 1. The van der Waals surface area contributed by atoms with Crippen LogP contribution in [0, 0.1) is 6.92 Å².